The minimum atomic E-state index is -3.66. The van der Waals surface area contributed by atoms with Gasteiger partial charge in [0, 0.05) is 13.2 Å². The monoisotopic (exact) mass is 302 g/mol. The summed E-state index contributed by atoms with van der Waals surface area (Å²) in [6.45, 7) is 6.13. The highest BCUT2D eigenvalue weighted by Gasteiger charge is 2.14. The van der Waals surface area contributed by atoms with Crippen molar-refractivity contribution in [2.75, 3.05) is 33.0 Å². The summed E-state index contributed by atoms with van der Waals surface area (Å²) >= 11 is 0. The van der Waals surface area contributed by atoms with E-state index in [1.165, 1.54) is 0 Å². The predicted molar refractivity (Wildman–Crippen MR) is 76.2 cm³/mol. The molecule has 0 unspecified atom stereocenters. The summed E-state index contributed by atoms with van der Waals surface area (Å²) in [7, 11) is -3.66. The van der Waals surface area contributed by atoms with E-state index in [2.05, 4.69) is 0 Å². The Balaban J connectivity index is 2.22. The van der Waals surface area contributed by atoms with Crippen LogP contribution in [0, 0.1) is 6.92 Å². The standard InChI is InChI=1S/C14H22O5S/c1-3-17-11-12-18-9-4-10-19-20(15,16)14-7-5-13(2)6-8-14/h5-8H,3-4,9-12H2,1-2H3. The van der Waals surface area contributed by atoms with E-state index in [0.717, 1.165) is 5.56 Å². The molecule has 114 valence electrons. The van der Waals surface area contributed by atoms with Crippen molar-refractivity contribution in [2.24, 2.45) is 0 Å². The Labute approximate surface area is 121 Å². The Morgan fingerprint density at radius 3 is 2.25 bits per heavy atom. The lowest BCUT2D eigenvalue weighted by molar-refractivity contribution is 0.0485. The first-order valence-corrected chi connectivity index (χ1v) is 8.08. The van der Waals surface area contributed by atoms with Gasteiger partial charge in [-0.05, 0) is 32.4 Å². The number of hydrogen-bond acceptors (Lipinski definition) is 5. The zero-order valence-corrected chi connectivity index (χ0v) is 12.8. The lowest BCUT2D eigenvalue weighted by Gasteiger charge is -2.07. The molecular weight excluding hydrogens is 280 g/mol. The minimum absolute atomic E-state index is 0.116. The van der Waals surface area contributed by atoms with Gasteiger partial charge < -0.3 is 9.47 Å². The number of ether oxygens (including phenoxy) is 2. The van der Waals surface area contributed by atoms with Gasteiger partial charge in [-0.3, -0.25) is 4.18 Å². The molecule has 0 aliphatic rings. The van der Waals surface area contributed by atoms with Crippen LogP contribution in [0.15, 0.2) is 29.2 Å². The highest BCUT2D eigenvalue weighted by molar-refractivity contribution is 7.86. The van der Waals surface area contributed by atoms with Crippen molar-refractivity contribution in [3.05, 3.63) is 29.8 Å². The van der Waals surface area contributed by atoms with Crippen LogP contribution >= 0.6 is 0 Å². The van der Waals surface area contributed by atoms with Crippen molar-refractivity contribution in [1.82, 2.24) is 0 Å². The van der Waals surface area contributed by atoms with Gasteiger partial charge in [-0.1, -0.05) is 17.7 Å². The maximum absolute atomic E-state index is 11.8. The molecule has 1 rings (SSSR count). The van der Waals surface area contributed by atoms with Crippen molar-refractivity contribution in [1.29, 1.82) is 0 Å². The third-order valence-electron chi connectivity index (χ3n) is 2.56. The van der Waals surface area contributed by atoms with Crippen LogP contribution in [0.3, 0.4) is 0 Å². The first-order chi connectivity index (χ1) is 9.56. The van der Waals surface area contributed by atoms with E-state index in [4.69, 9.17) is 13.7 Å². The zero-order valence-electron chi connectivity index (χ0n) is 12.0. The second-order valence-corrected chi connectivity index (χ2v) is 5.87. The molecule has 0 saturated carbocycles. The fourth-order valence-electron chi connectivity index (χ4n) is 1.47. The Morgan fingerprint density at radius 1 is 0.950 bits per heavy atom. The van der Waals surface area contributed by atoms with E-state index in [9.17, 15) is 8.42 Å². The molecule has 6 heteroatoms. The fraction of sp³-hybridized carbons (Fsp3) is 0.571. The molecule has 0 radical (unpaired) electrons. The van der Waals surface area contributed by atoms with Crippen molar-refractivity contribution < 1.29 is 22.1 Å². The van der Waals surface area contributed by atoms with E-state index in [0.29, 0.717) is 32.8 Å². The van der Waals surface area contributed by atoms with E-state index in [1.807, 2.05) is 13.8 Å². The van der Waals surface area contributed by atoms with Gasteiger partial charge in [0.25, 0.3) is 10.1 Å². The van der Waals surface area contributed by atoms with Crippen LogP contribution in [-0.2, 0) is 23.8 Å². The summed E-state index contributed by atoms with van der Waals surface area (Å²) in [6.07, 6.45) is 0.525. The SMILES string of the molecule is CCOCCOCCCOS(=O)(=O)c1ccc(C)cc1. The first kappa shape index (κ1) is 17.1. The van der Waals surface area contributed by atoms with Gasteiger partial charge >= 0.3 is 0 Å². The van der Waals surface area contributed by atoms with Crippen molar-refractivity contribution in [2.45, 2.75) is 25.2 Å². The van der Waals surface area contributed by atoms with Crippen LogP contribution < -0.4 is 0 Å². The summed E-state index contributed by atoms with van der Waals surface area (Å²) in [4.78, 5) is 0.181. The number of rotatable bonds is 10. The predicted octanol–water partition coefficient (Wildman–Crippen LogP) is 2.14. The average Bonchev–Trinajstić information content (AvgIpc) is 2.42. The molecule has 1 aromatic rings. The van der Waals surface area contributed by atoms with Crippen LogP contribution in [0.25, 0.3) is 0 Å². The smallest absolute Gasteiger partial charge is 0.296 e. The van der Waals surface area contributed by atoms with E-state index >= 15 is 0 Å². The molecule has 0 atom stereocenters. The van der Waals surface area contributed by atoms with Crippen molar-refractivity contribution in [3.8, 4) is 0 Å². The topological polar surface area (TPSA) is 61.8 Å². The maximum atomic E-state index is 11.8. The molecule has 0 saturated heterocycles. The molecule has 0 bridgehead atoms. The van der Waals surface area contributed by atoms with Crippen molar-refractivity contribution in [3.63, 3.8) is 0 Å². The average molecular weight is 302 g/mol. The van der Waals surface area contributed by atoms with Gasteiger partial charge in [0.15, 0.2) is 0 Å². The first-order valence-electron chi connectivity index (χ1n) is 6.68. The maximum Gasteiger partial charge on any atom is 0.296 e. The highest BCUT2D eigenvalue weighted by atomic mass is 32.2. The molecule has 5 nitrogen and oxygen atoms in total. The molecule has 0 amide bonds. The van der Waals surface area contributed by atoms with Crippen LogP contribution in [0.1, 0.15) is 18.9 Å². The Morgan fingerprint density at radius 2 is 1.60 bits per heavy atom. The molecule has 0 aromatic heterocycles. The van der Waals surface area contributed by atoms with Crippen LogP contribution in [-0.4, -0.2) is 41.5 Å². The second-order valence-electron chi connectivity index (χ2n) is 4.25. The summed E-state index contributed by atoms with van der Waals surface area (Å²) < 4.78 is 39.0. The lowest BCUT2D eigenvalue weighted by Crippen LogP contribution is -2.10. The Kier molecular flexibility index (Phi) is 7.76. The number of hydrogen-bond donors (Lipinski definition) is 0. The van der Waals surface area contributed by atoms with Gasteiger partial charge in [0.2, 0.25) is 0 Å². The van der Waals surface area contributed by atoms with E-state index < -0.39 is 10.1 Å². The van der Waals surface area contributed by atoms with Gasteiger partial charge in [-0.25, -0.2) is 0 Å². The number of aryl methyl sites for hydroxylation is 1. The Bertz CT molecular complexity index is 467. The van der Waals surface area contributed by atoms with E-state index in [1.54, 1.807) is 24.3 Å². The molecule has 1 aromatic carbocycles. The summed E-state index contributed by atoms with van der Waals surface area (Å²) in [6, 6.07) is 6.58. The quantitative estimate of drug-likeness (QED) is 0.489. The molecule has 0 aliphatic carbocycles. The highest BCUT2D eigenvalue weighted by Crippen LogP contribution is 2.13. The van der Waals surface area contributed by atoms with Gasteiger partial charge in [0.05, 0.1) is 24.7 Å². The van der Waals surface area contributed by atoms with Gasteiger partial charge in [-0.15, -0.1) is 0 Å². The van der Waals surface area contributed by atoms with E-state index in [-0.39, 0.29) is 11.5 Å². The third-order valence-corrected chi connectivity index (χ3v) is 3.88. The molecule has 20 heavy (non-hydrogen) atoms. The largest absolute Gasteiger partial charge is 0.379 e. The molecular formula is C14H22O5S. The third kappa shape index (κ3) is 6.47. The van der Waals surface area contributed by atoms with Crippen LogP contribution in [0.4, 0.5) is 0 Å². The zero-order chi connectivity index (χ0) is 14.8. The minimum Gasteiger partial charge on any atom is -0.379 e. The normalized spacial score (nSPS) is 11.7. The molecule has 0 spiro atoms. The molecule has 0 fully saturated rings. The lowest BCUT2D eigenvalue weighted by atomic mass is 10.2. The Hall–Kier alpha value is -0.950. The summed E-state index contributed by atoms with van der Waals surface area (Å²) in [5, 5.41) is 0. The van der Waals surface area contributed by atoms with Crippen molar-refractivity contribution >= 4 is 10.1 Å². The van der Waals surface area contributed by atoms with Crippen LogP contribution in [0.5, 0.6) is 0 Å². The number of benzene rings is 1. The van der Waals surface area contributed by atoms with Gasteiger partial charge in [-0.2, -0.15) is 8.42 Å². The van der Waals surface area contributed by atoms with Gasteiger partial charge in [0.1, 0.15) is 0 Å². The molecule has 0 N–H and O–H groups in total. The fourth-order valence-corrected chi connectivity index (χ4v) is 2.41. The summed E-state index contributed by atoms with van der Waals surface area (Å²) in [5.74, 6) is 0. The summed E-state index contributed by atoms with van der Waals surface area (Å²) in [5.41, 5.74) is 1.01. The van der Waals surface area contributed by atoms with Crippen LogP contribution in [0.2, 0.25) is 0 Å². The molecule has 0 heterocycles. The molecule has 0 aliphatic heterocycles. The second kappa shape index (κ2) is 9.07.